The Balaban J connectivity index is 0.00000171. The van der Waals surface area contributed by atoms with Gasteiger partial charge >= 0.3 is 5.97 Å². The lowest BCUT2D eigenvalue weighted by Gasteiger charge is -2.15. The van der Waals surface area contributed by atoms with Crippen molar-refractivity contribution in [3.05, 3.63) is 64.5 Å². The number of carboxylic acids is 1. The van der Waals surface area contributed by atoms with Gasteiger partial charge in [-0.1, -0.05) is 24.3 Å². The van der Waals surface area contributed by atoms with Crippen LogP contribution >= 0.6 is 36.2 Å². The molecule has 2 aromatic carbocycles. The Hall–Kier alpha value is -2.32. The van der Waals surface area contributed by atoms with Crippen molar-refractivity contribution in [3.63, 3.8) is 0 Å². The molecule has 0 spiro atoms. The van der Waals surface area contributed by atoms with E-state index >= 15 is 0 Å². The number of halogens is 2. The summed E-state index contributed by atoms with van der Waals surface area (Å²) in [6.45, 7) is 1.81. The number of benzene rings is 2. The van der Waals surface area contributed by atoms with Crippen molar-refractivity contribution in [1.82, 2.24) is 5.32 Å². The van der Waals surface area contributed by atoms with Crippen LogP contribution in [-0.2, 0) is 11.2 Å². The minimum atomic E-state index is -0.847. The topological polar surface area (TPSA) is 108 Å². The fourth-order valence-electron chi connectivity index (χ4n) is 3.60. The Kier molecular flexibility index (Phi) is 8.70. The quantitative estimate of drug-likeness (QED) is 0.299. The van der Waals surface area contributed by atoms with Crippen LogP contribution < -0.4 is 15.8 Å². The summed E-state index contributed by atoms with van der Waals surface area (Å²) in [4.78, 5) is 12.9. The van der Waals surface area contributed by atoms with Gasteiger partial charge in [0.2, 0.25) is 0 Å². The van der Waals surface area contributed by atoms with Crippen LogP contribution in [0.2, 0.25) is 0 Å². The van der Waals surface area contributed by atoms with Crippen molar-refractivity contribution in [2.24, 2.45) is 5.73 Å². The second-order valence-electron chi connectivity index (χ2n) is 7.28. The number of ether oxygens (including phenoxy) is 1. The van der Waals surface area contributed by atoms with Crippen LogP contribution in [0, 0.1) is 5.41 Å². The number of hydrogen-bond donors (Lipinski definition) is 4. The number of rotatable bonds is 7. The number of aliphatic carboxylic acids is 1. The fraction of sp³-hybridized carbons (Fsp3) is 0.273. The number of nitrogen functional groups attached to an aromatic ring is 1. The van der Waals surface area contributed by atoms with E-state index in [1.165, 1.54) is 0 Å². The number of nitrogens with two attached hydrogens (primary N) is 1. The Bertz CT molecular complexity index is 1050. The first kappa shape index (κ1) is 24.9. The average molecular weight is 482 g/mol. The molecule has 0 amide bonds. The normalized spacial score (nSPS) is 16.2. The summed E-state index contributed by atoms with van der Waals surface area (Å²) in [6, 6.07) is 15.0. The summed E-state index contributed by atoms with van der Waals surface area (Å²) in [5.74, 6) is -0.677. The van der Waals surface area contributed by atoms with Gasteiger partial charge in [-0.15, -0.1) is 36.2 Å². The van der Waals surface area contributed by atoms with Crippen molar-refractivity contribution in [1.29, 1.82) is 5.41 Å². The van der Waals surface area contributed by atoms with Gasteiger partial charge in [0, 0.05) is 21.7 Å². The molecule has 2 atom stereocenters. The van der Waals surface area contributed by atoms with Crippen LogP contribution in [0.5, 0.6) is 5.75 Å². The molecule has 2 heterocycles. The molecule has 1 aliphatic heterocycles. The van der Waals surface area contributed by atoms with E-state index in [1.807, 2.05) is 48.5 Å². The average Bonchev–Trinajstić information content (AvgIpc) is 3.35. The summed E-state index contributed by atoms with van der Waals surface area (Å²) < 4.78 is 6.93. The van der Waals surface area contributed by atoms with Crippen molar-refractivity contribution < 1.29 is 14.6 Å². The van der Waals surface area contributed by atoms with Crippen LogP contribution in [0.1, 0.15) is 28.3 Å². The van der Waals surface area contributed by atoms with E-state index in [0.29, 0.717) is 12.0 Å². The number of thiophene rings is 1. The number of hydrogen-bond acceptors (Lipinski definition) is 5. The first-order valence-electron chi connectivity index (χ1n) is 9.56. The predicted molar refractivity (Wildman–Crippen MR) is 130 cm³/mol. The van der Waals surface area contributed by atoms with E-state index in [2.05, 4.69) is 5.32 Å². The lowest BCUT2D eigenvalue weighted by Crippen LogP contribution is -2.19. The lowest BCUT2D eigenvalue weighted by atomic mass is 9.95. The molecule has 3 aromatic rings. The highest BCUT2D eigenvalue weighted by Crippen LogP contribution is 2.32. The molecular formula is C22H25Cl2N3O3S. The van der Waals surface area contributed by atoms with Gasteiger partial charge in [0.1, 0.15) is 17.7 Å². The Morgan fingerprint density at radius 2 is 1.97 bits per heavy atom. The maximum atomic E-state index is 11.9. The first-order chi connectivity index (χ1) is 14.0. The van der Waals surface area contributed by atoms with Gasteiger partial charge in [-0.3, -0.25) is 10.2 Å². The van der Waals surface area contributed by atoms with Gasteiger partial charge in [0.05, 0.1) is 5.92 Å². The van der Waals surface area contributed by atoms with Crippen molar-refractivity contribution in [3.8, 4) is 5.75 Å². The van der Waals surface area contributed by atoms with E-state index in [1.54, 1.807) is 11.3 Å². The molecule has 4 rings (SSSR count). The second-order valence-corrected chi connectivity index (χ2v) is 8.44. The summed E-state index contributed by atoms with van der Waals surface area (Å²) in [5.41, 5.74) is 7.00. The van der Waals surface area contributed by atoms with Gasteiger partial charge in [-0.25, -0.2) is 0 Å². The van der Waals surface area contributed by atoms with Gasteiger partial charge in [-0.2, -0.15) is 0 Å². The van der Waals surface area contributed by atoms with Crippen LogP contribution in [0.25, 0.3) is 10.1 Å². The van der Waals surface area contributed by atoms with Gasteiger partial charge in [0.25, 0.3) is 0 Å². The number of amidine groups is 1. The molecule has 0 aliphatic carbocycles. The molecule has 166 valence electrons. The standard InChI is InChI=1S/C22H23N3O3S.2ClH/c23-21(24)15-2-1-14-9-18(29-20(14)10-15)11-19(22(26)27)13-3-5-16(6-4-13)28-17-7-8-25-12-17;;/h1-6,9-10,17,19,25H,7-8,11-12H2,(H3,23,24)(H,26,27);2*1H/t17-,19?;;/m0../s1. The summed E-state index contributed by atoms with van der Waals surface area (Å²) in [5, 5.41) is 21.7. The van der Waals surface area contributed by atoms with Crippen LogP contribution in [0.15, 0.2) is 48.5 Å². The molecule has 1 fully saturated rings. The molecule has 1 unspecified atom stereocenters. The molecule has 0 saturated carbocycles. The second kappa shape index (κ2) is 10.8. The Morgan fingerprint density at radius 3 is 2.58 bits per heavy atom. The summed E-state index contributed by atoms with van der Waals surface area (Å²) >= 11 is 1.55. The Morgan fingerprint density at radius 1 is 1.23 bits per heavy atom. The third kappa shape index (κ3) is 5.89. The van der Waals surface area contributed by atoms with Crippen molar-refractivity contribution in [2.45, 2.75) is 24.9 Å². The monoisotopic (exact) mass is 481 g/mol. The molecule has 9 heteroatoms. The summed E-state index contributed by atoms with van der Waals surface area (Å²) in [7, 11) is 0. The molecule has 5 N–H and O–H groups in total. The van der Waals surface area contributed by atoms with Crippen molar-refractivity contribution in [2.75, 3.05) is 13.1 Å². The minimum absolute atomic E-state index is 0. The zero-order valence-corrected chi connectivity index (χ0v) is 19.1. The highest BCUT2D eigenvalue weighted by atomic mass is 35.5. The van der Waals surface area contributed by atoms with Crippen molar-refractivity contribution >= 4 is 58.0 Å². The largest absolute Gasteiger partial charge is 0.489 e. The molecule has 1 aromatic heterocycles. The van der Waals surface area contributed by atoms with E-state index in [4.69, 9.17) is 15.9 Å². The third-order valence-corrected chi connectivity index (χ3v) is 6.31. The number of carbonyl (C=O) groups is 1. The summed E-state index contributed by atoms with van der Waals surface area (Å²) in [6.07, 6.45) is 1.57. The van der Waals surface area contributed by atoms with Crippen LogP contribution in [0.4, 0.5) is 0 Å². The molecule has 0 radical (unpaired) electrons. The molecule has 31 heavy (non-hydrogen) atoms. The van der Waals surface area contributed by atoms with E-state index in [-0.39, 0.29) is 36.8 Å². The van der Waals surface area contributed by atoms with Gasteiger partial charge in [-0.05, 0) is 54.6 Å². The Labute approximate surface area is 197 Å². The smallest absolute Gasteiger partial charge is 0.311 e. The molecule has 1 saturated heterocycles. The third-order valence-electron chi connectivity index (χ3n) is 5.19. The predicted octanol–water partition coefficient (Wildman–Crippen LogP) is 4.18. The SMILES string of the molecule is Cl.Cl.N=C(N)c1ccc2cc(CC(C(=O)O)c3ccc(O[C@H]4CCNC4)cc3)sc2c1. The van der Waals surface area contributed by atoms with E-state index in [9.17, 15) is 9.90 Å². The zero-order chi connectivity index (χ0) is 20.4. The van der Waals surface area contributed by atoms with E-state index in [0.717, 1.165) is 45.8 Å². The lowest BCUT2D eigenvalue weighted by molar-refractivity contribution is -0.138. The van der Waals surface area contributed by atoms with Gasteiger partial charge in [0.15, 0.2) is 0 Å². The highest BCUT2D eigenvalue weighted by molar-refractivity contribution is 7.19. The van der Waals surface area contributed by atoms with Crippen LogP contribution in [-0.4, -0.2) is 36.1 Å². The highest BCUT2D eigenvalue weighted by Gasteiger charge is 2.22. The minimum Gasteiger partial charge on any atom is -0.489 e. The van der Waals surface area contributed by atoms with E-state index < -0.39 is 11.9 Å². The maximum Gasteiger partial charge on any atom is 0.311 e. The number of fused-ring (bicyclic) bond motifs is 1. The molecule has 1 aliphatic rings. The van der Waals surface area contributed by atoms with Crippen LogP contribution in [0.3, 0.4) is 0 Å². The maximum absolute atomic E-state index is 11.9. The fourth-order valence-corrected chi connectivity index (χ4v) is 4.75. The number of carboxylic acid groups (broad SMARTS) is 1. The molecular weight excluding hydrogens is 457 g/mol. The van der Waals surface area contributed by atoms with Gasteiger partial charge < -0.3 is 20.9 Å². The first-order valence-corrected chi connectivity index (χ1v) is 10.4. The molecule has 6 nitrogen and oxygen atoms in total. The zero-order valence-electron chi connectivity index (χ0n) is 16.7. The number of nitrogens with one attached hydrogen (secondary N) is 2. The molecule has 0 bridgehead atoms.